The van der Waals surface area contributed by atoms with Crippen molar-refractivity contribution in [1.29, 1.82) is 0 Å². The van der Waals surface area contributed by atoms with Crippen molar-refractivity contribution in [3.63, 3.8) is 0 Å². The summed E-state index contributed by atoms with van der Waals surface area (Å²) in [5.74, 6) is -1.08. The van der Waals surface area contributed by atoms with Gasteiger partial charge in [0.2, 0.25) is 0 Å². The fourth-order valence-corrected chi connectivity index (χ4v) is 1.66. The maximum Gasteiger partial charge on any atom is 0.306 e. The summed E-state index contributed by atoms with van der Waals surface area (Å²) < 4.78 is 9.57. The van der Waals surface area contributed by atoms with E-state index in [1.807, 2.05) is 19.1 Å². The van der Waals surface area contributed by atoms with Gasteiger partial charge in [-0.3, -0.25) is 14.4 Å². The molecular formula is C16H21NO5. The first-order valence-electron chi connectivity index (χ1n) is 7.04. The van der Waals surface area contributed by atoms with Gasteiger partial charge in [0.25, 0.3) is 5.91 Å². The van der Waals surface area contributed by atoms with Gasteiger partial charge in [-0.2, -0.15) is 0 Å². The van der Waals surface area contributed by atoms with Gasteiger partial charge >= 0.3 is 5.97 Å². The number of aryl methyl sites for hydroxylation is 1. The lowest BCUT2D eigenvalue weighted by atomic mass is 10.1. The standard InChI is InChI=1S/C16H21NO5/c1-12-3-5-13(6-4-12)14(18)7-8-16(20)22-11-15(19)17-9-10-21-2/h3-6H,7-11H2,1-2H3,(H,17,19). The number of carbonyl (C=O) groups is 3. The lowest BCUT2D eigenvalue weighted by molar-refractivity contribution is -0.148. The molecule has 120 valence electrons. The molecule has 0 saturated carbocycles. The number of hydrogen-bond acceptors (Lipinski definition) is 5. The van der Waals surface area contributed by atoms with E-state index in [1.165, 1.54) is 7.11 Å². The summed E-state index contributed by atoms with van der Waals surface area (Å²) in [7, 11) is 1.53. The first kappa shape index (κ1) is 17.8. The topological polar surface area (TPSA) is 81.7 Å². The molecule has 0 aromatic heterocycles. The molecular weight excluding hydrogens is 286 g/mol. The summed E-state index contributed by atoms with van der Waals surface area (Å²) in [6.45, 7) is 2.34. The number of nitrogens with one attached hydrogen (secondary N) is 1. The quantitative estimate of drug-likeness (QED) is 0.422. The summed E-state index contributed by atoms with van der Waals surface area (Å²) in [5, 5.41) is 2.53. The van der Waals surface area contributed by atoms with E-state index in [0.717, 1.165) is 5.56 Å². The third-order valence-electron chi connectivity index (χ3n) is 2.92. The lowest BCUT2D eigenvalue weighted by Crippen LogP contribution is -2.31. The fourth-order valence-electron chi connectivity index (χ4n) is 1.66. The highest BCUT2D eigenvalue weighted by molar-refractivity contribution is 5.97. The Balaban J connectivity index is 2.24. The van der Waals surface area contributed by atoms with Crippen molar-refractivity contribution in [2.24, 2.45) is 0 Å². The van der Waals surface area contributed by atoms with E-state index in [-0.39, 0.29) is 25.2 Å². The Hall–Kier alpha value is -2.21. The Morgan fingerprint density at radius 1 is 1.09 bits per heavy atom. The molecule has 1 amide bonds. The van der Waals surface area contributed by atoms with Gasteiger partial charge in [-0.25, -0.2) is 0 Å². The second-order valence-corrected chi connectivity index (χ2v) is 4.79. The molecule has 22 heavy (non-hydrogen) atoms. The highest BCUT2D eigenvalue weighted by Gasteiger charge is 2.11. The predicted molar refractivity (Wildman–Crippen MR) is 80.6 cm³/mol. The largest absolute Gasteiger partial charge is 0.456 e. The number of carbonyl (C=O) groups excluding carboxylic acids is 3. The Morgan fingerprint density at radius 2 is 1.77 bits per heavy atom. The van der Waals surface area contributed by atoms with Crippen LogP contribution < -0.4 is 5.32 Å². The van der Waals surface area contributed by atoms with Crippen LogP contribution in [0, 0.1) is 6.92 Å². The van der Waals surface area contributed by atoms with E-state index in [4.69, 9.17) is 9.47 Å². The number of methoxy groups -OCH3 is 1. The van der Waals surface area contributed by atoms with Crippen LogP contribution in [0.15, 0.2) is 24.3 Å². The van der Waals surface area contributed by atoms with Gasteiger partial charge in [-0.1, -0.05) is 29.8 Å². The van der Waals surface area contributed by atoms with Crippen LogP contribution in [-0.4, -0.2) is 44.5 Å². The van der Waals surface area contributed by atoms with Crippen molar-refractivity contribution in [1.82, 2.24) is 5.32 Å². The van der Waals surface area contributed by atoms with Gasteiger partial charge in [-0.05, 0) is 6.92 Å². The van der Waals surface area contributed by atoms with Crippen LogP contribution in [0.4, 0.5) is 0 Å². The van der Waals surface area contributed by atoms with Crippen LogP contribution in [0.2, 0.25) is 0 Å². The van der Waals surface area contributed by atoms with Crippen molar-refractivity contribution < 1.29 is 23.9 Å². The van der Waals surface area contributed by atoms with Crippen molar-refractivity contribution >= 4 is 17.7 Å². The Bertz CT molecular complexity index is 510. The molecule has 0 unspecified atom stereocenters. The Morgan fingerprint density at radius 3 is 2.41 bits per heavy atom. The predicted octanol–water partition coefficient (Wildman–Crippen LogP) is 1.26. The van der Waals surface area contributed by atoms with E-state index in [2.05, 4.69) is 5.32 Å². The summed E-state index contributed by atoms with van der Waals surface area (Å²) in [4.78, 5) is 34.7. The van der Waals surface area contributed by atoms with E-state index >= 15 is 0 Å². The molecule has 0 aliphatic rings. The zero-order chi connectivity index (χ0) is 16.4. The molecule has 0 heterocycles. The highest BCUT2D eigenvalue weighted by atomic mass is 16.5. The normalized spacial score (nSPS) is 10.1. The number of Topliss-reactive ketones (excluding diaryl/α,β-unsaturated/α-hetero) is 1. The third kappa shape index (κ3) is 6.99. The smallest absolute Gasteiger partial charge is 0.306 e. The van der Waals surface area contributed by atoms with Gasteiger partial charge < -0.3 is 14.8 Å². The molecule has 0 aliphatic carbocycles. The second kappa shape index (κ2) is 9.68. The van der Waals surface area contributed by atoms with Gasteiger partial charge in [-0.15, -0.1) is 0 Å². The van der Waals surface area contributed by atoms with E-state index in [0.29, 0.717) is 18.7 Å². The lowest BCUT2D eigenvalue weighted by Gasteiger charge is -2.06. The van der Waals surface area contributed by atoms with E-state index in [1.54, 1.807) is 12.1 Å². The SMILES string of the molecule is COCCNC(=O)COC(=O)CCC(=O)c1ccc(C)cc1. The number of ether oxygens (including phenoxy) is 2. The molecule has 6 nitrogen and oxygen atoms in total. The van der Waals surface area contributed by atoms with Crippen LogP contribution in [-0.2, 0) is 19.1 Å². The van der Waals surface area contributed by atoms with Crippen molar-refractivity contribution in [3.05, 3.63) is 35.4 Å². The molecule has 0 spiro atoms. The molecule has 0 fully saturated rings. The number of hydrogen-bond donors (Lipinski definition) is 1. The van der Waals surface area contributed by atoms with Gasteiger partial charge in [0.15, 0.2) is 12.4 Å². The highest BCUT2D eigenvalue weighted by Crippen LogP contribution is 2.08. The molecule has 1 N–H and O–H groups in total. The van der Waals surface area contributed by atoms with E-state index in [9.17, 15) is 14.4 Å². The number of rotatable bonds is 9. The molecule has 0 saturated heterocycles. The zero-order valence-corrected chi connectivity index (χ0v) is 12.9. The van der Waals surface area contributed by atoms with Gasteiger partial charge in [0.1, 0.15) is 0 Å². The summed E-state index contributed by atoms with van der Waals surface area (Å²) in [6.07, 6.45) is 0.0191. The molecule has 1 rings (SSSR count). The van der Waals surface area contributed by atoms with Crippen LogP contribution in [0.5, 0.6) is 0 Å². The molecule has 0 aliphatic heterocycles. The first-order valence-corrected chi connectivity index (χ1v) is 7.04. The third-order valence-corrected chi connectivity index (χ3v) is 2.92. The van der Waals surface area contributed by atoms with E-state index < -0.39 is 11.9 Å². The molecule has 0 radical (unpaired) electrons. The number of benzene rings is 1. The second-order valence-electron chi connectivity index (χ2n) is 4.79. The summed E-state index contributed by atoms with van der Waals surface area (Å²) in [6, 6.07) is 7.14. The zero-order valence-electron chi connectivity index (χ0n) is 12.9. The fraction of sp³-hybridized carbons (Fsp3) is 0.438. The summed E-state index contributed by atoms with van der Waals surface area (Å²) in [5.41, 5.74) is 1.63. The van der Waals surface area contributed by atoms with Crippen LogP contribution in [0.1, 0.15) is 28.8 Å². The molecule has 1 aromatic carbocycles. The van der Waals surface area contributed by atoms with Crippen molar-refractivity contribution in [2.75, 3.05) is 26.9 Å². The minimum Gasteiger partial charge on any atom is -0.456 e. The van der Waals surface area contributed by atoms with Crippen molar-refractivity contribution in [2.45, 2.75) is 19.8 Å². The molecule has 0 bridgehead atoms. The van der Waals surface area contributed by atoms with Crippen LogP contribution in [0.3, 0.4) is 0 Å². The molecule has 1 aromatic rings. The minimum atomic E-state index is -0.567. The number of ketones is 1. The maximum atomic E-state index is 11.9. The van der Waals surface area contributed by atoms with Crippen LogP contribution in [0.25, 0.3) is 0 Å². The average molecular weight is 307 g/mol. The summed E-state index contributed by atoms with van der Waals surface area (Å²) >= 11 is 0. The number of amides is 1. The Labute approximate surface area is 129 Å². The first-order chi connectivity index (χ1) is 10.5. The number of esters is 1. The van der Waals surface area contributed by atoms with Gasteiger partial charge in [0, 0.05) is 25.6 Å². The van der Waals surface area contributed by atoms with Gasteiger partial charge in [0.05, 0.1) is 13.0 Å². The average Bonchev–Trinajstić information content (AvgIpc) is 2.51. The van der Waals surface area contributed by atoms with Crippen LogP contribution >= 0.6 is 0 Å². The molecule has 0 atom stereocenters. The monoisotopic (exact) mass is 307 g/mol. The van der Waals surface area contributed by atoms with Crippen molar-refractivity contribution in [3.8, 4) is 0 Å². The Kier molecular flexibility index (Phi) is 7.85. The molecule has 6 heteroatoms. The minimum absolute atomic E-state index is 0.0436. The maximum absolute atomic E-state index is 11.9.